The molecule has 1 fully saturated rings. The fourth-order valence-corrected chi connectivity index (χ4v) is 4.46. The lowest BCUT2D eigenvalue weighted by molar-refractivity contribution is -0.136. The molecule has 0 spiro atoms. The molecule has 1 atom stereocenters. The zero-order valence-electron chi connectivity index (χ0n) is 12.8. The fraction of sp³-hybridized carbons (Fsp3) is 0.471. The molecule has 1 saturated carbocycles. The molecule has 1 heterocycles. The van der Waals surface area contributed by atoms with Gasteiger partial charge >= 0.3 is 0 Å². The van der Waals surface area contributed by atoms with Crippen molar-refractivity contribution in [3.05, 3.63) is 47.1 Å². The summed E-state index contributed by atoms with van der Waals surface area (Å²) in [7, 11) is -3.14. The molecule has 1 unspecified atom stereocenters. The van der Waals surface area contributed by atoms with Crippen molar-refractivity contribution in [3.63, 3.8) is 0 Å². The third kappa shape index (κ3) is 3.99. The number of carbonyl (C=O) groups is 1. The maximum Gasteiger partial charge on any atom is 0.223 e. The molecule has 1 aromatic carbocycles. The smallest absolute Gasteiger partial charge is 0.223 e. The minimum absolute atomic E-state index is 0.0111. The molecule has 0 bridgehead atoms. The summed E-state index contributed by atoms with van der Waals surface area (Å²) in [4.78, 5) is 14.4. The van der Waals surface area contributed by atoms with Crippen molar-refractivity contribution in [1.82, 2.24) is 4.90 Å². The first-order valence-electron chi connectivity index (χ1n) is 7.88. The number of amides is 1. The first-order chi connectivity index (χ1) is 10.9. The van der Waals surface area contributed by atoms with Gasteiger partial charge in [-0.3, -0.25) is 4.79 Å². The predicted octanol–water partition coefficient (Wildman–Crippen LogP) is 2.66. The SMILES string of the molecule is O=C(CC1C=CS(=O)(=O)C1)N(Cc1cccc(F)c1)C1CCC1. The Bertz CT molecular complexity index is 725. The van der Waals surface area contributed by atoms with Gasteiger partial charge < -0.3 is 4.90 Å². The van der Waals surface area contributed by atoms with Crippen LogP contribution in [0.3, 0.4) is 0 Å². The number of benzene rings is 1. The predicted molar refractivity (Wildman–Crippen MR) is 85.6 cm³/mol. The zero-order valence-corrected chi connectivity index (χ0v) is 13.6. The second-order valence-corrected chi connectivity index (χ2v) is 8.29. The van der Waals surface area contributed by atoms with Crippen molar-refractivity contribution >= 4 is 15.7 Å². The molecule has 23 heavy (non-hydrogen) atoms. The number of hydrogen-bond donors (Lipinski definition) is 0. The van der Waals surface area contributed by atoms with Crippen LogP contribution in [0, 0.1) is 11.7 Å². The number of nitrogens with zero attached hydrogens (tertiary/aromatic N) is 1. The zero-order chi connectivity index (χ0) is 16.4. The molecule has 1 amide bonds. The van der Waals surface area contributed by atoms with Crippen LogP contribution in [0.25, 0.3) is 0 Å². The Balaban J connectivity index is 1.69. The summed E-state index contributed by atoms with van der Waals surface area (Å²) < 4.78 is 36.3. The van der Waals surface area contributed by atoms with E-state index in [4.69, 9.17) is 0 Å². The molecule has 2 aliphatic rings. The molecule has 0 N–H and O–H groups in total. The lowest BCUT2D eigenvalue weighted by Gasteiger charge is -2.38. The second-order valence-electron chi connectivity index (χ2n) is 6.36. The van der Waals surface area contributed by atoms with Gasteiger partial charge in [-0.1, -0.05) is 18.2 Å². The summed E-state index contributed by atoms with van der Waals surface area (Å²) >= 11 is 0. The van der Waals surface area contributed by atoms with Gasteiger partial charge in [-0.05, 0) is 37.0 Å². The van der Waals surface area contributed by atoms with E-state index in [9.17, 15) is 17.6 Å². The number of allylic oxidation sites excluding steroid dienone is 1. The van der Waals surface area contributed by atoms with Gasteiger partial charge in [0.2, 0.25) is 5.91 Å². The Morgan fingerprint density at radius 2 is 2.09 bits per heavy atom. The Morgan fingerprint density at radius 1 is 1.30 bits per heavy atom. The van der Waals surface area contributed by atoms with E-state index in [1.807, 2.05) is 6.07 Å². The third-order valence-corrected chi connectivity index (χ3v) is 5.98. The van der Waals surface area contributed by atoms with Gasteiger partial charge in [0, 0.05) is 30.3 Å². The van der Waals surface area contributed by atoms with E-state index >= 15 is 0 Å². The van der Waals surface area contributed by atoms with Crippen LogP contribution in [0.2, 0.25) is 0 Å². The molecular weight excluding hydrogens is 317 g/mol. The molecule has 124 valence electrons. The van der Waals surface area contributed by atoms with E-state index in [-0.39, 0.29) is 35.9 Å². The van der Waals surface area contributed by atoms with Crippen LogP contribution >= 0.6 is 0 Å². The van der Waals surface area contributed by atoms with Gasteiger partial charge in [0.05, 0.1) is 5.75 Å². The fourth-order valence-electron chi connectivity index (χ4n) is 3.06. The average molecular weight is 337 g/mol. The summed E-state index contributed by atoms with van der Waals surface area (Å²) in [5.41, 5.74) is 0.764. The minimum atomic E-state index is -3.14. The highest BCUT2D eigenvalue weighted by molar-refractivity contribution is 7.94. The summed E-state index contributed by atoms with van der Waals surface area (Å²) in [6, 6.07) is 6.46. The molecule has 1 aromatic rings. The van der Waals surface area contributed by atoms with Gasteiger partial charge in [-0.2, -0.15) is 0 Å². The normalized spacial score (nSPS) is 22.7. The number of halogens is 1. The summed E-state index contributed by atoms with van der Waals surface area (Å²) in [6.45, 7) is 0.379. The third-order valence-electron chi connectivity index (χ3n) is 4.52. The van der Waals surface area contributed by atoms with Crippen molar-refractivity contribution in [1.29, 1.82) is 0 Å². The highest BCUT2D eigenvalue weighted by atomic mass is 32.2. The van der Waals surface area contributed by atoms with Crippen molar-refractivity contribution < 1.29 is 17.6 Å². The van der Waals surface area contributed by atoms with E-state index in [1.54, 1.807) is 17.0 Å². The van der Waals surface area contributed by atoms with Gasteiger partial charge in [0.15, 0.2) is 9.84 Å². The summed E-state index contributed by atoms with van der Waals surface area (Å²) in [6.07, 6.45) is 4.81. The Morgan fingerprint density at radius 3 is 2.65 bits per heavy atom. The Labute approximate surface area is 135 Å². The number of sulfone groups is 1. The van der Waals surface area contributed by atoms with E-state index in [2.05, 4.69) is 0 Å². The van der Waals surface area contributed by atoms with E-state index in [0.29, 0.717) is 6.54 Å². The molecule has 6 heteroatoms. The largest absolute Gasteiger partial charge is 0.335 e. The lowest BCUT2D eigenvalue weighted by Crippen LogP contribution is -2.44. The van der Waals surface area contributed by atoms with Crippen molar-refractivity contribution in [2.75, 3.05) is 5.75 Å². The van der Waals surface area contributed by atoms with Crippen LogP contribution in [0.1, 0.15) is 31.2 Å². The van der Waals surface area contributed by atoms with Crippen molar-refractivity contribution in [2.24, 2.45) is 5.92 Å². The Kier molecular flexibility index (Phi) is 4.53. The van der Waals surface area contributed by atoms with Crippen molar-refractivity contribution in [2.45, 2.75) is 38.3 Å². The number of carbonyl (C=O) groups excluding carboxylic acids is 1. The number of rotatable bonds is 5. The quantitative estimate of drug-likeness (QED) is 0.830. The molecule has 0 radical (unpaired) electrons. The van der Waals surface area contributed by atoms with Crippen LogP contribution in [-0.4, -0.2) is 31.0 Å². The van der Waals surface area contributed by atoms with Crippen LogP contribution < -0.4 is 0 Å². The summed E-state index contributed by atoms with van der Waals surface area (Å²) in [5.74, 6) is -0.598. The summed E-state index contributed by atoms with van der Waals surface area (Å²) in [5, 5.41) is 1.20. The van der Waals surface area contributed by atoms with Crippen LogP contribution in [0.4, 0.5) is 4.39 Å². The molecular formula is C17H20FNO3S. The van der Waals surface area contributed by atoms with Crippen LogP contribution in [0.5, 0.6) is 0 Å². The molecule has 1 aliphatic heterocycles. The maximum absolute atomic E-state index is 13.3. The highest BCUT2D eigenvalue weighted by Gasteiger charge is 2.31. The van der Waals surface area contributed by atoms with Gasteiger partial charge in [0.1, 0.15) is 5.82 Å². The Hall–Kier alpha value is -1.69. The first-order valence-corrected chi connectivity index (χ1v) is 9.59. The molecule has 4 nitrogen and oxygen atoms in total. The number of hydrogen-bond acceptors (Lipinski definition) is 3. The molecule has 0 aromatic heterocycles. The topological polar surface area (TPSA) is 54.5 Å². The minimum Gasteiger partial charge on any atom is -0.335 e. The van der Waals surface area contributed by atoms with Crippen molar-refractivity contribution in [3.8, 4) is 0 Å². The van der Waals surface area contributed by atoms with Gasteiger partial charge in [-0.15, -0.1) is 0 Å². The first kappa shape index (κ1) is 16.2. The van der Waals surface area contributed by atoms with E-state index < -0.39 is 9.84 Å². The molecule has 0 saturated heterocycles. The molecule has 3 rings (SSSR count). The lowest BCUT2D eigenvalue weighted by atomic mass is 9.90. The second kappa shape index (κ2) is 6.43. The van der Waals surface area contributed by atoms with Gasteiger partial charge in [0.25, 0.3) is 0 Å². The molecule has 1 aliphatic carbocycles. The average Bonchev–Trinajstić information content (AvgIpc) is 2.75. The van der Waals surface area contributed by atoms with Crippen LogP contribution in [-0.2, 0) is 21.2 Å². The van der Waals surface area contributed by atoms with Gasteiger partial charge in [-0.25, -0.2) is 12.8 Å². The standard InChI is InChI=1S/C17H20FNO3S/c18-15-4-1-3-13(9-15)11-19(16-5-2-6-16)17(20)10-14-7-8-23(21,22)12-14/h1,3-4,7-9,14,16H,2,5-6,10-12H2. The maximum atomic E-state index is 13.3. The highest BCUT2D eigenvalue weighted by Crippen LogP contribution is 2.29. The van der Waals surface area contributed by atoms with E-state index in [1.165, 1.54) is 17.5 Å². The monoisotopic (exact) mass is 337 g/mol. The van der Waals surface area contributed by atoms with Crippen LogP contribution in [0.15, 0.2) is 35.7 Å². The van der Waals surface area contributed by atoms with E-state index in [0.717, 1.165) is 24.8 Å².